The average molecular weight is 332 g/mol. The minimum absolute atomic E-state index is 0.134. The summed E-state index contributed by atoms with van der Waals surface area (Å²) >= 11 is 0. The second-order valence-corrected chi connectivity index (χ2v) is 8.05. The van der Waals surface area contributed by atoms with E-state index in [0.29, 0.717) is 18.6 Å². The molecule has 5 heteroatoms. The third kappa shape index (κ3) is 4.13. The molecule has 3 rings (SSSR count). The summed E-state index contributed by atoms with van der Waals surface area (Å²) in [6.07, 6.45) is 4.37. The molecule has 0 spiro atoms. The van der Waals surface area contributed by atoms with E-state index >= 15 is 0 Å². The van der Waals surface area contributed by atoms with Crippen LogP contribution in [0.25, 0.3) is 0 Å². The third-order valence-electron chi connectivity index (χ3n) is 5.24. The summed E-state index contributed by atoms with van der Waals surface area (Å²) in [6, 6.07) is 7.96. The Kier molecular flexibility index (Phi) is 5.23. The van der Waals surface area contributed by atoms with Gasteiger partial charge in [-0.2, -0.15) is 0 Å². The first-order valence-corrected chi connectivity index (χ1v) is 8.94. The highest BCUT2D eigenvalue weighted by Gasteiger charge is 2.52. The molecule has 2 fully saturated rings. The molecule has 132 valence electrons. The SMILES string of the molecule is COc1ccc(COCCB2O[C@@H]3CCC(C)(C)CC3(C)O2)cc1. The maximum atomic E-state index is 6.25. The summed E-state index contributed by atoms with van der Waals surface area (Å²) in [7, 11) is 1.54. The molecule has 24 heavy (non-hydrogen) atoms. The van der Waals surface area contributed by atoms with Gasteiger partial charge in [0.05, 0.1) is 25.4 Å². The second-order valence-electron chi connectivity index (χ2n) is 8.05. The molecule has 1 unspecified atom stereocenters. The lowest BCUT2D eigenvalue weighted by atomic mass is 9.69. The quantitative estimate of drug-likeness (QED) is 0.581. The predicted octanol–water partition coefficient (Wildman–Crippen LogP) is 4.08. The highest BCUT2D eigenvalue weighted by atomic mass is 16.7. The van der Waals surface area contributed by atoms with Crippen LogP contribution in [-0.4, -0.2) is 32.5 Å². The van der Waals surface area contributed by atoms with Crippen LogP contribution < -0.4 is 4.74 Å². The van der Waals surface area contributed by atoms with Gasteiger partial charge in [-0.25, -0.2) is 0 Å². The molecule has 0 aromatic heterocycles. The van der Waals surface area contributed by atoms with Gasteiger partial charge >= 0.3 is 7.12 Å². The van der Waals surface area contributed by atoms with Crippen LogP contribution in [0, 0.1) is 5.41 Å². The van der Waals surface area contributed by atoms with E-state index in [1.54, 1.807) is 7.11 Å². The van der Waals surface area contributed by atoms with Crippen molar-refractivity contribution in [1.82, 2.24) is 0 Å². The van der Waals surface area contributed by atoms with Crippen molar-refractivity contribution >= 4 is 7.12 Å². The van der Waals surface area contributed by atoms with Crippen LogP contribution in [0.2, 0.25) is 6.32 Å². The molecule has 4 nitrogen and oxygen atoms in total. The lowest BCUT2D eigenvalue weighted by molar-refractivity contribution is -0.0298. The fraction of sp³-hybridized carbons (Fsp3) is 0.684. The van der Waals surface area contributed by atoms with Crippen molar-refractivity contribution < 1.29 is 18.8 Å². The van der Waals surface area contributed by atoms with Gasteiger partial charge in [0.2, 0.25) is 0 Å². The number of methoxy groups -OCH3 is 1. The van der Waals surface area contributed by atoms with Crippen molar-refractivity contribution in [2.45, 2.75) is 64.7 Å². The van der Waals surface area contributed by atoms with E-state index in [-0.39, 0.29) is 18.8 Å². The summed E-state index contributed by atoms with van der Waals surface area (Å²) < 4.78 is 23.3. The minimum atomic E-state index is -0.137. The normalized spacial score (nSPS) is 28.7. The van der Waals surface area contributed by atoms with E-state index in [4.69, 9.17) is 18.8 Å². The summed E-state index contributed by atoms with van der Waals surface area (Å²) in [4.78, 5) is 0. The molecule has 0 bridgehead atoms. The van der Waals surface area contributed by atoms with Crippen LogP contribution in [0.3, 0.4) is 0 Å². The van der Waals surface area contributed by atoms with Gasteiger partial charge in [0.15, 0.2) is 0 Å². The van der Waals surface area contributed by atoms with Crippen LogP contribution in [0.1, 0.15) is 45.6 Å². The Morgan fingerprint density at radius 1 is 1.21 bits per heavy atom. The summed E-state index contributed by atoms with van der Waals surface area (Å²) in [5.41, 5.74) is 1.35. The topological polar surface area (TPSA) is 36.9 Å². The van der Waals surface area contributed by atoms with Gasteiger partial charge in [-0.3, -0.25) is 0 Å². The Bertz CT molecular complexity index is 545. The number of ether oxygens (including phenoxy) is 2. The Morgan fingerprint density at radius 3 is 2.67 bits per heavy atom. The standard InChI is InChI=1S/C19H29BO4/c1-18(2)10-9-17-19(3,14-18)24-20(23-17)11-12-22-13-15-5-7-16(21-4)8-6-15/h5-8,17H,9-14H2,1-4H3/t17-,19?/m1/s1. The molecule has 0 amide bonds. The number of rotatable bonds is 6. The monoisotopic (exact) mass is 332 g/mol. The number of hydrogen-bond donors (Lipinski definition) is 0. The molecule has 0 radical (unpaired) electrons. The maximum absolute atomic E-state index is 6.25. The van der Waals surface area contributed by atoms with Gasteiger partial charge in [-0.15, -0.1) is 0 Å². The zero-order chi connectivity index (χ0) is 17.2. The van der Waals surface area contributed by atoms with Crippen LogP contribution >= 0.6 is 0 Å². The fourth-order valence-electron chi connectivity index (χ4n) is 4.04. The smallest absolute Gasteiger partial charge is 0.459 e. The molecule has 1 heterocycles. The highest BCUT2D eigenvalue weighted by Crippen LogP contribution is 2.47. The van der Waals surface area contributed by atoms with E-state index in [2.05, 4.69) is 20.8 Å². The molecule has 2 atom stereocenters. The number of fused-ring (bicyclic) bond motifs is 1. The molecular weight excluding hydrogens is 303 g/mol. The lowest BCUT2D eigenvalue weighted by Gasteiger charge is -2.43. The molecule has 0 N–H and O–H groups in total. The van der Waals surface area contributed by atoms with E-state index < -0.39 is 0 Å². The fourth-order valence-corrected chi connectivity index (χ4v) is 4.04. The zero-order valence-electron chi connectivity index (χ0n) is 15.3. The summed E-state index contributed by atoms with van der Waals surface area (Å²) in [6.45, 7) is 8.09. The van der Waals surface area contributed by atoms with Crippen molar-refractivity contribution in [3.05, 3.63) is 29.8 Å². The molecule has 1 saturated carbocycles. The van der Waals surface area contributed by atoms with Gasteiger partial charge in [0.1, 0.15) is 5.75 Å². The predicted molar refractivity (Wildman–Crippen MR) is 95.2 cm³/mol. The Morgan fingerprint density at radius 2 is 1.96 bits per heavy atom. The first-order chi connectivity index (χ1) is 11.4. The first-order valence-electron chi connectivity index (χ1n) is 8.94. The Balaban J connectivity index is 1.41. The van der Waals surface area contributed by atoms with Gasteiger partial charge in [-0.1, -0.05) is 26.0 Å². The van der Waals surface area contributed by atoms with Crippen LogP contribution in [0.5, 0.6) is 5.75 Å². The van der Waals surface area contributed by atoms with Crippen molar-refractivity contribution in [3.8, 4) is 5.75 Å². The van der Waals surface area contributed by atoms with Crippen LogP contribution in [0.4, 0.5) is 0 Å². The van der Waals surface area contributed by atoms with Gasteiger partial charge in [0.25, 0.3) is 0 Å². The van der Waals surface area contributed by atoms with E-state index in [0.717, 1.165) is 30.5 Å². The third-order valence-corrected chi connectivity index (χ3v) is 5.24. The largest absolute Gasteiger partial charge is 0.497 e. The van der Waals surface area contributed by atoms with E-state index in [1.807, 2.05) is 24.3 Å². The number of hydrogen-bond acceptors (Lipinski definition) is 4. The lowest BCUT2D eigenvalue weighted by Crippen LogP contribution is -2.45. The first kappa shape index (κ1) is 17.8. The van der Waals surface area contributed by atoms with Gasteiger partial charge in [-0.05, 0) is 49.3 Å². The van der Waals surface area contributed by atoms with Crippen molar-refractivity contribution in [2.75, 3.05) is 13.7 Å². The van der Waals surface area contributed by atoms with Crippen LogP contribution in [-0.2, 0) is 20.7 Å². The highest BCUT2D eigenvalue weighted by molar-refractivity contribution is 6.45. The van der Waals surface area contributed by atoms with Gasteiger partial charge in [0, 0.05) is 12.9 Å². The maximum Gasteiger partial charge on any atom is 0.459 e. The van der Waals surface area contributed by atoms with Crippen molar-refractivity contribution in [3.63, 3.8) is 0 Å². The molecule has 1 saturated heterocycles. The summed E-state index contributed by atoms with van der Waals surface area (Å²) in [5, 5.41) is 0. The molecule has 1 aliphatic carbocycles. The Labute approximate surface area is 146 Å². The molecular formula is C19H29BO4. The van der Waals surface area contributed by atoms with E-state index in [1.165, 1.54) is 6.42 Å². The van der Waals surface area contributed by atoms with Crippen LogP contribution in [0.15, 0.2) is 24.3 Å². The molecule has 1 aliphatic heterocycles. The minimum Gasteiger partial charge on any atom is -0.497 e. The molecule has 1 aromatic carbocycles. The number of benzene rings is 1. The zero-order valence-corrected chi connectivity index (χ0v) is 15.3. The van der Waals surface area contributed by atoms with Crippen molar-refractivity contribution in [1.29, 1.82) is 0 Å². The average Bonchev–Trinajstić information content (AvgIpc) is 2.86. The van der Waals surface area contributed by atoms with E-state index in [9.17, 15) is 0 Å². The Hall–Kier alpha value is -1.04. The summed E-state index contributed by atoms with van der Waals surface area (Å²) in [5.74, 6) is 0.866. The molecule has 1 aromatic rings. The molecule has 2 aliphatic rings. The van der Waals surface area contributed by atoms with Gasteiger partial charge < -0.3 is 18.8 Å². The van der Waals surface area contributed by atoms with Crippen molar-refractivity contribution in [2.24, 2.45) is 5.41 Å². The second kappa shape index (κ2) is 7.07.